The zero-order valence-corrected chi connectivity index (χ0v) is 7.86. The molecular weight excluding hydrogens is 124 g/mol. The van der Waals surface area contributed by atoms with E-state index in [-0.39, 0.29) is 0 Å². The number of rotatable bonds is 3. The van der Waals surface area contributed by atoms with E-state index >= 15 is 0 Å². The lowest BCUT2D eigenvalue weighted by molar-refractivity contribution is 0.178. The molecule has 0 spiro atoms. The van der Waals surface area contributed by atoms with Crippen LogP contribution in [0.3, 0.4) is 0 Å². The summed E-state index contributed by atoms with van der Waals surface area (Å²) < 4.78 is 0. The van der Waals surface area contributed by atoms with E-state index in [1.165, 1.54) is 0 Å². The first-order chi connectivity index (χ1) is 4.48. The molecule has 0 fully saturated rings. The van der Waals surface area contributed by atoms with Crippen molar-refractivity contribution in [2.24, 2.45) is 0 Å². The fraction of sp³-hybridized carbons (Fsp3) is 1.00. The normalized spacial score (nSPS) is 12.6. The quantitative estimate of drug-likeness (QED) is 0.634. The van der Waals surface area contributed by atoms with Crippen molar-refractivity contribution in [2.75, 3.05) is 27.2 Å². The SMILES string of the molecule is CNCCN(C)C(C)(C)C. The molecule has 62 valence electrons. The lowest BCUT2D eigenvalue weighted by Gasteiger charge is -2.31. The maximum atomic E-state index is 3.13. The monoisotopic (exact) mass is 144 g/mol. The molecule has 0 heterocycles. The minimum absolute atomic E-state index is 0.302. The number of nitrogens with one attached hydrogen (secondary N) is 1. The predicted octanol–water partition coefficient (Wildman–Crippen LogP) is 0.936. The van der Waals surface area contributed by atoms with E-state index in [1.807, 2.05) is 7.05 Å². The van der Waals surface area contributed by atoms with Crippen LogP contribution in [0.4, 0.5) is 0 Å². The minimum atomic E-state index is 0.302. The largest absolute Gasteiger partial charge is 0.318 e. The summed E-state index contributed by atoms with van der Waals surface area (Å²) in [5.41, 5.74) is 0.302. The number of nitrogens with zero attached hydrogens (tertiary/aromatic N) is 1. The molecule has 0 radical (unpaired) electrons. The molecule has 0 saturated carbocycles. The third-order valence-corrected chi connectivity index (χ3v) is 1.84. The molecule has 0 bridgehead atoms. The van der Waals surface area contributed by atoms with Crippen LogP contribution in [0.2, 0.25) is 0 Å². The van der Waals surface area contributed by atoms with Crippen LogP contribution in [0.1, 0.15) is 20.8 Å². The van der Waals surface area contributed by atoms with Gasteiger partial charge in [-0.1, -0.05) is 0 Å². The summed E-state index contributed by atoms with van der Waals surface area (Å²) in [5, 5.41) is 3.13. The van der Waals surface area contributed by atoms with E-state index < -0.39 is 0 Å². The average Bonchev–Trinajstić information content (AvgIpc) is 1.80. The second kappa shape index (κ2) is 3.94. The fourth-order valence-corrected chi connectivity index (χ4v) is 0.615. The third-order valence-electron chi connectivity index (χ3n) is 1.84. The molecule has 0 saturated heterocycles. The van der Waals surface area contributed by atoms with Crippen molar-refractivity contribution in [3.8, 4) is 0 Å². The van der Waals surface area contributed by atoms with Crippen LogP contribution >= 0.6 is 0 Å². The number of likely N-dealkylation sites (N-methyl/N-ethyl adjacent to an activating group) is 2. The maximum absolute atomic E-state index is 3.13. The Morgan fingerprint density at radius 3 is 2.10 bits per heavy atom. The summed E-state index contributed by atoms with van der Waals surface area (Å²) in [4.78, 5) is 2.34. The first-order valence-electron chi connectivity index (χ1n) is 3.84. The molecule has 10 heavy (non-hydrogen) atoms. The third kappa shape index (κ3) is 3.85. The van der Waals surface area contributed by atoms with Crippen LogP contribution in [0.25, 0.3) is 0 Å². The molecule has 0 rings (SSSR count). The first-order valence-corrected chi connectivity index (χ1v) is 3.84. The van der Waals surface area contributed by atoms with Crippen LogP contribution in [0.15, 0.2) is 0 Å². The van der Waals surface area contributed by atoms with Gasteiger partial charge in [-0.05, 0) is 34.9 Å². The standard InChI is InChI=1S/C8H20N2/c1-8(2,3)10(5)7-6-9-4/h9H,6-7H2,1-5H3. The van der Waals surface area contributed by atoms with Crippen LogP contribution < -0.4 is 5.32 Å². The van der Waals surface area contributed by atoms with Gasteiger partial charge in [0.05, 0.1) is 0 Å². The van der Waals surface area contributed by atoms with Gasteiger partial charge in [-0.2, -0.15) is 0 Å². The van der Waals surface area contributed by atoms with E-state index in [1.54, 1.807) is 0 Å². The van der Waals surface area contributed by atoms with Gasteiger partial charge in [0.1, 0.15) is 0 Å². The Kier molecular flexibility index (Phi) is 3.91. The molecular formula is C8H20N2. The fourth-order valence-electron chi connectivity index (χ4n) is 0.615. The van der Waals surface area contributed by atoms with E-state index in [2.05, 4.69) is 38.0 Å². The van der Waals surface area contributed by atoms with Crippen molar-refractivity contribution in [3.63, 3.8) is 0 Å². The van der Waals surface area contributed by atoms with E-state index in [4.69, 9.17) is 0 Å². The molecule has 0 amide bonds. The minimum Gasteiger partial charge on any atom is -0.318 e. The van der Waals surface area contributed by atoms with E-state index in [9.17, 15) is 0 Å². The van der Waals surface area contributed by atoms with Crippen molar-refractivity contribution in [1.82, 2.24) is 10.2 Å². The molecule has 0 aromatic carbocycles. The smallest absolute Gasteiger partial charge is 0.0122 e. The van der Waals surface area contributed by atoms with Gasteiger partial charge >= 0.3 is 0 Å². The van der Waals surface area contributed by atoms with Gasteiger partial charge in [0.25, 0.3) is 0 Å². The maximum Gasteiger partial charge on any atom is 0.0122 e. The lowest BCUT2D eigenvalue weighted by atomic mass is 10.1. The van der Waals surface area contributed by atoms with Crippen molar-refractivity contribution in [2.45, 2.75) is 26.3 Å². The summed E-state index contributed by atoms with van der Waals surface area (Å²) in [6.07, 6.45) is 0. The van der Waals surface area contributed by atoms with Crippen molar-refractivity contribution < 1.29 is 0 Å². The molecule has 0 atom stereocenters. The second-order valence-corrected chi connectivity index (χ2v) is 3.70. The van der Waals surface area contributed by atoms with Crippen LogP contribution in [-0.2, 0) is 0 Å². The molecule has 0 unspecified atom stereocenters. The Balaban J connectivity index is 3.52. The highest BCUT2D eigenvalue weighted by molar-refractivity contribution is 4.72. The van der Waals surface area contributed by atoms with Crippen molar-refractivity contribution in [1.29, 1.82) is 0 Å². The van der Waals surface area contributed by atoms with Gasteiger partial charge < -0.3 is 10.2 Å². The number of hydrogen-bond donors (Lipinski definition) is 1. The molecule has 0 aliphatic heterocycles. The molecule has 0 aromatic rings. The molecule has 2 heteroatoms. The highest BCUT2D eigenvalue weighted by Crippen LogP contribution is 2.08. The topological polar surface area (TPSA) is 15.3 Å². The second-order valence-electron chi connectivity index (χ2n) is 3.70. The van der Waals surface area contributed by atoms with Gasteiger partial charge in [-0.3, -0.25) is 0 Å². The summed E-state index contributed by atoms with van der Waals surface area (Å²) >= 11 is 0. The van der Waals surface area contributed by atoms with Gasteiger partial charge in [-0.15, -0.1) is 0 Å². The molecule has 0 aliphatic carbocycles. The number of hydrogen-bond acceptors (Lipinski definition) is 2. The van der Waals surface area contributed by atoms with Gasteiger partial charge in [-0.25, -0.2) is 0 Å². The Hall–Kier alpha value is -0.0800. The molecule has 2 nitrogen and oxygen atoms in total. The zero-order valence-electron chi connectivity index (χ0n) is 7.86. The summed E-state index contributed by atoms with van der Waals surface area (Å²) in [6.45, 7) is 8.85. The Morgan fingerprint density at radius 2 is 1.80 bits per heavy atom. The van der Waals surface area contributed by atoms with E-state index in [0.717, 1.165) is 13.1 Å². The predicted molar refractivity (Wildman–Crippen MR) is 46.3 cm³/mol. The van der Waals surface area contributed by atoms with Crippen LogP contribution in [0.5, 0.6) is 0 Å². The van der Waals surface area contributed by atoms with Gasteiger partial charge in [0.15, 0.2) is 0 Å². The highest BCUT2D eigenvalue weighted by atomic mass is 15.2. The lowest BCUT2D eigenvalue weighted by Crippen LogP contribution is -2.41. The van der Waals surface area contributed by atoms with Crippen LogP contribution in [-0.4, -0.2) is 37.6 Å². The Morgan fingerprint density at radius 1 is 1.30 bits per heavy atom. The van der Waals surface area contributed by atoms with Crippen molar-refractivity contribution in [3.05, 3.63) is 0 Å². The Bertz CT molecular complexity index is 83.7. The summed E-state index contributed by atoms with van der Waals surface area (Å²) in [5.74, 6) is 0. The zero-order chi connectivity index (χ0) is 8.20. The Labute approximate surface area is 64.6 Å². The molecule has 1 N–H and O–H groups in total. The van der Waals surface area contributed by atoms with Crippen LogP contribution in [0, 0.1) is 0 Å². The molecule has 0 aliphatic rings. The van der Waals surface area contributed by atoms with E-state index in [0.29, 0.717) is 5.54 Å². The average molecular weight is 144 g/mol. The molecule has 0 aromatic heterocycles. The summed E-state index contributed by atoms with van der Waals surface area (Å²) in [6, 6.07) is 0. The van der Waals surface area contributed by atoms with Gasteiger partial charge in [0, 0.05) is 18.6 Å². The highest BCUT2D eigenvalue weighted by Gasteiger charge is 2.15. The van der Waals surface area contributed by atoms with Crippen molar-refractivity contribution >= 4 is 0 Å². The first kappa shape index (κ1) is 9.92. The van der Waals surface area contributed by atoms with Gasteiger partial charge in [0.2, 0.25) is 0 Å². The summed E-state index contributed by atoms with van der Waals surface area (Å²) in [7, 11) is 4.13.